The fourth-order valence-corrected chi connectivity index (χ4v) is 1.78. The molecule has 21 heavy (non-hydrogen) atoms. The van der Waals surface area contributed by atoms with E-state index in [1.165, 1.54) is 0 Å². The summed E-state index contributed by atoms with van der Waals surface area (Å²) in [5.74, 6) is 0.466. The minimum atomic E-state index is -0.0719. The summed E-state index contributed by atoms with van der Waals surface area (Å²) in [6, 6.07) is 10.0. The molecule has 0 unspecified atom stereocenters. The highest BCUT2D eigenvalue weighted by molar-refractivity contribution is 14.0. The highest BCUT2D eigenvalue weighted by Crippen LogP contribution is 2.09. The molecule has 2 aromatic rings. The smallest absolute Gasteiger partial charge is 0.189 e. The zero-order chi connectivity index (χ0) is 14.6. The summed E-state index contributed by atoms with van der Waals surface area (Å²) in [7, 11) is 0. The van der Waals surface area contributed by atoms with Gasteiger partial charge in [0.05, 0.1) is 12.2 Å². The molecule has 1 heterocycles. The van der Waals surface area contributed by atoms with Crippen LogP contribution < -0.4 is 11.1 Å². The first-order valence-electron chi connectivity index (χ1n) is 6.61. The molecule has 1 aromatic heterocycles. The normalized spacial score (nSPS) is 11.9. The molecule has 5 nitrogen and oxygen atoms in total. The van der Waals surface area contributed by atoms with Crippen LogP contribution in [-0.4, -0.2) is 21.3 Å². The second-order valence-electron chi connectivity index (χ2n) is 5.69. The Labute approximate surface area is 142 Å². The van der Waals surface area contributed by atoms with E-state index in [9.17, 15) is 0 Å². The van der Waals surface area contributed by atoms with Crippen molar-refractivity contribution in [2.45, 2.75) is 32.9 Å². The summed E-state index contributed by atoms with van der Waals surface area (Å²) < 4.78 is 1.82. The zero-order valence-electron chi connectivity index (χ0n) is 12.6. The summed E-state index contributed by atoms with van der Waals surface area (Å²) in [6.07, 6.45) is 3.68. The van der Waals surface area contributed by atoms with Crippen molar-refractivity contribution in [2.75, 3.05) is 0 Å². The molecular weight excluding hydrogens is 377 g/mol. The highest BCUT2D eigenvalue weighted by Gasteiger charge is 2.09. The zero-order valence-corrected chi connectivity index (χ0v) is 14.9. The Balaban J connectivity index is 0.00000220. The largest absolute Gasteiger partial charge is 0.370 e. The Morgan fingerprint density at radius 1 is 1.29 bits per heavy atom. The number of guanidine groups is 1. The molecular formula is C15H22IN5. The Bertz CT molecular complexity index is 567. The van der Waals surface area contributed by atoms with Gasteiger partial charge in [0.15, 0.2) is 5.96 Å². The Morgan fingerprint density at radius 2 is 1.95 bits per heavy atom. The van der Waals surface area contributed by atoms with Gasteiger partial charge in [-0.2, -0.15) is 5.10 Å². The minimum absolute atomic E-state index is 0. The van der Waals surface area contributed by atoms with E-state index in [1.54, 1.807) is 6.20 Å². The van der Waals surface area contributed by atoms with Gasteiger partial charge >= 0.3 is 0 Å². The Hall–Kier alpha value is -1.57. The highest BCUT2D eigenvalue weighted by atomic mass is 127. The van der Waals surface area contributed by atoms with Crippen LogP contribution >= 0.6 is 24.0 Å². The number of nitrogens with one attached hydrogen (secondary N) is 1. The number of nitrogens with two attached hydrogens (primary N) is 1. The van der Waals surface area contributed by atoms with E-state index in [4.69, 9.17) is 5.73 Å². The van der Waals surface area contributed by atoms with Gasteiger partial charge in [0.2, 0.25) is 0 Å². The number of nitrogens with zero attached hydrogens (tertiary/aromatic N) is 3. The molecule has 0 saturated heterocycles. The first-order chi connectivity index (χ1) is 9.44. The lowest BCUT2D eigenvalue weighted by molar-refractivity contribution is 0.508. The number of rotatable bonds is 3. The SMILES string of the molecule is CC(C)(C)NC(N)=NCc1ccc(-n2cccn2)cc1.I. The fourth-order valence-electron chi connectivity index (χ4n) is 1.78. The van der Waals surface area contributed by atoms with E-state index < -0.39 is 0 Å². The molecule has 0 spiro atoms. The molecule has 1 aromatic carbocycles. The lowest BCUT2D eigenvalue weighted by Crippen LogP contribution is -2.44. The third-order valence-electron chi connectivity index (χ3n) is 2.64. The van der Waals surface area contributed by atoms with Crippen molar-refractivity contribution in [3.8, 4) is 5.69 Å². The second kappa shape index (κ2) is 7.44. The van der Waals surface area contributed by atoms with Gasteiger partial charge in [-0.1, -0.05) is 12.1 Å². The molecule has 0 aliphatic rings. The van der Waals surface area contributed by atoms with Crippen molar-refractivity contribution in [3.63, 3.8) is 0 Å². The van der Waals surface area contributed by atoms with Crippen LogP contribution in [0.25, 0.3) is 5.69 Å². The van der Waals surface area contributed by atoms with Gasteiger partial charge in [-0.15, -0.1) is 24.0 Å². The van der Waals surface area contributed by atoms with Crippen molar-refractivity contribution in [1.82, 2.24) is 15.1 Å². The van der Waals surface area contributed by atoms with Crippen molar-refractivity contribution < 1.29 is 0 Å². The summed E-state index contributed by atoms with van der Waals surface area (Å²) in [6.45, 7) is 6.71. The number of benzene rings is 1. The van der Waals surface area contributed by atoms with E-state index in [2.05, 4.69) is 15.4 Å². The molecule has 0 saturated carbocycles. The average Bonchev–Trinajstić information content (AvgIpc) is 2.89. The Morgan fingerprint density at radius 3 is 2.48 bits per heavy atom. The molecule has 2 rings (SSSR count). The first-order valence-corrected chi connectivity index (χ1v) is 6.61. The number of halogens is 1. The summed E-state index contributed by atoms with van der Waals surface area (Å²) in [5.41, 5.74) is 7.91. The van der Waals surface area contributed by atoms with E-state index >= 15 is 0 Å². The quantitative estimate of drug-likeness (QED) is 0.474. The van der Waals surface area contributed by atoms with Gasteiger partial charge in [0, 0.05) is 17.9 Å². The van der Waals surface area contributed by atoms with Crippen molar-refractivity contribution in [1.29, 1.82) is 0 Å². The predicted molar refractivity (Wildman–Crippen MR) is 97.2 cm³/mol. The maximum absolute atomic E-state index is 5.84. The molecule has 0 atom stereocenters. The second-order valence-corrected chi connectivity index (χ2v) is 5.69. The molecule has 0 radical (unpaired) electrons. The maximum Gasteiger partial charge on any atom is 0.189 e. The minimum Gasteiger partial charge on any atom is -0.370 e. The van der Waals surface area contributed by atoms with Crippen LogP contribution in [0.15, 0.2) is 47.7 Å². The van der Waals surface area contributed by atoms with Crippen LogP contribution in [0, 0.1) is 0 Å². The van der Waals surface area contributed by atoms with Crippen molar-refractivity contribution in [3.05, 3.63) is 48.3 Å². The fraction of sp³-hybridized carbons (Fsp3) is 0.333. The van der Waals surface area contributed by atoms with E-state index in [1.807, 2.05) is 62.0 Å². The van der Waals surface area contributed by atoms with E-state index in [-0.39, 0.29) is 29.5 Å². The molecule has 0 aliphatic heterocycles. The van der Waals surface area contributed by atoms with Gasteiger partial charge in [-0.25, -0.2) is 9.67 Å². The van der Waals surface area contributed by atoms with Crippen LogP contribution in [0.5, 0.6) is 0 Å². The molecule has 0 fully saturated rings. The number of aromatic nitrogens is 2. The van der Waals surface area contributed by atoms with Crippen LogP contribution in [-0.2, 0) is 6.54 Å². The molecule has 0 amide bonds. The standard InChI is InChI=1S/C15H21N5.HI/c1-15(2,3)19-14(16)17-11-12-5-7-13(8-6-12)20-10-4-9-18-20;/h4-10H,11H2,1-3H3,(H3,16,17,19);1H. The average molecular weight is 399 g/mol. The van der Waals surface area contributed by atoms with Crippen molar-refractivity contribution >= 4 is 29.9 Å². The summed E-state index contributed by atoms with van der Waals surface area (Å²) >= 11 is 0. The van der Waals surface area contributed by atoms with E-state index in [0.29, 0.717) is 12.5 Å². The van der Waals surface area contributed by atoms with Crippen molar-refractivity contribution in [2.24, 2.45) is 10.7 Å². The maximum atomic E-state index is 5.84. The lowest BCUT2D eigenvalue weighted by Gasteiger charge is -2.20. The molecule has 3 N–H and O–H groups in total. The number of hydrogen-bond acceptors (Lipinski definition) is 2. The van der Waals surface area contributed by atoms with Gasteiger partial charge in [-0.3, -0.25) is 0 Å². The molecule has 6 heteroatoms. The van der Waals surface area contributed by atoms with Gasteiger partial charge in [0.1, 0.15) is 0 Å². The van der Waals surface area contributed by atoms with Gasteiger partial charge in [0.25, 0.3) is 0 Å². The van der Waals surface area contributed by atoms with Crippen LogP contribution in [0.2, 0.25) is 0 Å². The number of aliphatic imine (C=N–C) groups is 1. The van der Waals surface area contributed by atoms with Crippen LogP contribution in [0.4, 0.5) is 0 Å². The third-order valence-corrected chi connectivity index (χ3v) is 2.64. The van der Waals surface area contributed by atoms with Gasteiger partial charge < -0.3 is 11.1 Å². The monoisotopic (exact) mass is 399 g/mol. The summed E-state index contributed by atoms with van der Waals surface area (Å²) in [4.78, 5) is 4.33. The Kier molecular flexibility index (Phi) is 6.19. The topological polar surface area (TPSA) is 68.2 Å². The first kappa shape index (κ1) is 17.5. The molecule has 114 valence electrons. The van der Waals surface area contributed by atoms with E-state index in [0.717, 1.165) is 11.3 Å². The molecule has 0 aliphatic carbocycles. The third kappa shape index (κ3) is 5.74. The van der Waals surface area contributed by atoms with Crippen LogP contribution in [0.3, 0.4) is 0 Å². The molecule has 0 bridgehead atoms. The van der Waals surface area contributed by atoms with Crippen LogP contribution in [0.1, 0.15) is 26.3 Å². The lowest BCUT2D eigenvalue weighted by atomic mass is 10.1. The van der Waals surface area contributed by atoms with Gasteiger partial charge in [-0.05, 0) is 44.5 Å². The number of hydrogen-bond donors (Lipinski definition) is 2. The predicted octanol–water partition coefficient (Wildman–Crippen LogP) is 2.69. The summed E-state index contributed by atoms with van der Waals surface area (Å²) in [5, 5.41) is 7.33.